The maximum atomic E-state index is 12.6. The van der Waals surface area contributed by atoms with E-state index in [9.17, 15) is 9.59 Å². The molecule has 60 heavy (non-hydrogen) atoms. The van der Waals surface area contributed by atoms with E-state index in [-0.39, 0.29) is 25.2 Å². The van der Waals surface area contributed by atoms with Gasteiger partial charge in [0.15, 0.2) is 0 Å². The molecule has 0 bridgehead atoms. The fourth-order valence-electron chi connectivity index (χ4n) is 7.11. The van der Waals surface area contributed by atoms with Crippen molar-refractivity contribution in [2.75, 3.05) is 19.8 Å². The summed E-state index contributed by atoms with van der Waals surface area (Å²) >= 11 is 0. The number of rotatable bonds is 47. The maximum absolute atomic E-state index is 12.6. The molecule has 348 valence electrons. The quantitative estimate of drug-likeness (QED) is 0.0347. The maximum Gasteiger partial charge on any atom is 0.305 e. The highest BCUT2D eigenvalue weighted by molar-refractivity contribution is 5.69. The van der Waals surface area contributed by atoms with E-state index >= 15 is 0 Å². The summed E-state index contributed by atoms with van der Waals surface area (Å²) in [4.78, 5) is 25.1. The van der Waals surface area contributed by atoms with Crippen LogP contribution in [0.3, 0.4) is 0 Å². The largest absolute Gasteiger partial charge is 0.463 e. The predicted octanol–water partition coefficient (Wildman–Crippen LogP) is 17.3. The summed E-state index contributed by atoms with van der Waals surface area (Å²) < 4.78 is 17.4. The van der Waals surface area contributed by atoms with Gasteiger partial charge in [-0.05, 0) is 77.0 Å². The lowest BCUT2D eigenvalue weighted by atomic mass is 10.0. The Balaban J connectivity index is 4.32. The molecule has 0 unspecified atom stereocenters. The SMILES string of the molecule is CCCC/C=C\CCCCCCCC(=O)OC[C@@H](COC(=O)CCC/C=C\C/C=C\C/C=C\C/C=C\CCCCC)OCCCCCCCCCCCCCCCCCC. The summed E-state index contributed by atoms with van der Waals surface area (Å²) in [6.07, 6.45) is 64.0. The molecule has 1 atom stereocenters. The lowest BCUT2D eigenvalue weighted by Crippen LogP contribution is -2.29. The summed E-state index contributed by atoms with van der Waals surface area (Å²) in [5, 5.41) is 0. The first-order valence-corrected chi connectivity index (χ1v) is 25.8. The topological polar surface area (TPSA) is 61.8 Å². The summed E-state index contributed by atoms with van der Waals surface area (Å²) in [6, 6.07) is 0. The zero-order valence-corrected chi connectivity index (χ0v) is 40.0. The molecule has 0 heterocycles. The smallest absolute Gasteiger partial charge is 0.305 e. The number of carbonyl (C=O) groups is 2. The van der Waals surface area contributed by atoms with E-state index in [0.29, 0.717) is 19.4 Å². The van der Waals surface area contributed by atoms with Crippen molar-refractivity contribution in [1.82, 2.24) is 0 Å². The number of esters is 2. The molecule has 0 amide bonds. The van der Waals surface area contributed by atoms with Gasteiger partial charge in [0.2, 0.25) is 0 Å². The van der Waals surface area contributed by atoms with Gasteiger partial charge in [0.25, 0.3) is 0 Å². The zero-order valence-electron chi connectivity index (χ0n) is 40.0. The van der Waals surface area contributed by atoms with E-state index in [1.807, 2.05) is 0 Å². The van der Waals surface area contributed by atoms with Crippen LogP contribution in [0.15, 0.2) is 60.8 Å². The molecule has 0 aliphatic heterocycles. The highest BCUT2D eigenvalue weighted by Crippen LogP contribution is 2.15. The monoisotopic (exact) mass is 839 g/mol. The Hall–Kier alpha value is -2.40. The molecule has 0 saturated heterocycles. The molecule has 5 heteroatoms. The van der Waals surface area contributed by atoms with Crippen LogP contribution in [-0.4, -0.2) is 37.9 Å². The summed E-state index contributed by atoms with van der Waals surface area (Å²) in [5.74, 6) is -0.403. The molecule has 0 radical (unpaired) electrons. The molecule has 0 aliphatic rings. The normalized spacial score (nSPS) is 12.7. The van der Waals surface area contributed by atoms with E-state index in [4.69, 9.17) is 14.2 Å². The Kier molecular flexibility index (Phi) is 48.9. The number of unbranched alkanes of at least 4 members (excludes halogenated alkanes) is 26. The van der Waals surface area contributed by atoms with Crippen LogP contribution in [-0.2, 0) is 23.8 Å². The summed E-state index contributed by atoms with van der Waals surface area (Å²) in [5.41, 5.74) is 0. The fourth-order valence-corrected chi connectivity index (χ4v) is 7.11. The molecule has 0 spiro atoms. The van der Waals surface area contributed by atoms with Crippen molar-refractivity contribution in [2.24, 2.45) is 0 Å². The van der Waals surface area contributed by atoms with Crippen LogP contribution < -0.4 is 0 Å². The van der Waals surface area contributed by atoms with Gasteiger partial charge >= 0.3 is 11.9 Å². The average Bonchev–Trinajstić information content (AvgIpc) is 3.25. The van der Waals surface area contributed by atoms with Crippen LogP contribution in [0.4, 0.5) is 0 Å². The second-order valence-electron chi connectivity index (χ2n) is 17.1. The Morgan fingerprint density at radius 1 is 0.350 bits per heavy atom. The highest BCUT2D eigenvalue weighted by Gasteiger charge is 2.16. The first-order chi connectivity index (χ1) is 29.6. The van der Waals surface area contributed by atoms with E-state index in [0.717, 1.165) is 70.6 Å². The second-order valence-corrected chi connectivity index (χ2v) is 17.1. The van der Waals surface area contributed by atoms with Gasteiger partial charge < -0.3 is 14.2 Å². The molecule has 0 aromatic rings. The highest BCUT2D eigenvalue weighted by atomic mass is 16.6. The van der Waals surface area contributed by atoms with Crippen molar-refractivity contribution < 1.29 is 23.8 Å². The van der Waals surface area contributed by atoms with Crippen molar-refractivity contribution in [2.45, 2.75) is 258 Å². The Morgan fingerprint density at radius 3 is 1.15 bits per heavy atom. The molecule has 0 N–H and O–H groups in total. The minimum atomic E-state index is -0.423. The van der Waals surface area contributed by atoms with Crippen molar-refractivity contribution >= 4 is 11.9 Å². The number of carbonyl (C=O) groups excluding carboxylic acids is 2. The summed E-state index contributed by atoms with van der Waals surface area (Å²) in [7, 11) is 0. The molecular weight excluding hydrogens is 741 g/mol. The molecule has 5 nitrogen and oxygen atoms in total. The van der Waals surface area contributed by atoms with Crippen LogP contribution in [0, 0.1) is 0 Å². The van der Waals surface area contributed by atoms with Crippen LogP contribution in [0.2, 0.25) is 0 Å². The molecular formula is C55H98O5. The van der Waals surface area contributed by atoms with Crippen LogP contribution in [0.25, 0.3) is 0 Å². The molecule has 0 rings (SSSR count). The van der Waals surface area contributed by atoms with Gasteiger partial charge in [-0.2, -0.15) is 0 Å². The molecule has 0 aliphatic carbocycles. The minimum absolute atomic E-state index is 0.127. The van der Waals surface area contributed by atoms with Crippen molar-refractivity contribution in [3.8, 4) is 0 Å². The third-order valence-corrected chi connectivity index (χ3v) is 11.1. The number of hydrogen-bond acceptors (Lipinski definition) is 5. The van der Waals surface area contributed by atoms with Gasteiger partial charge in [0, 0.05) is 19.4 Å². The molecule has 0 saturated carbocycles. The third kappa shape index (κ3) is 48.3. The molecule has 0 fully saturated rings. The van der Waals surface area contributed by atoms with Gasteiger partial charge in [-0.1, -0.05) is 223 Å². The van der Waals surface area contributed by atoms with Gasteiger partial charge in [-0.15, -0.1) is 0 Å². The Bertz CT molecular complexity index is 1040. The van der Waals surface area contributed by atoms with Crippen LogP contribution >= 0.6 is 0 Å². The third-order valence-electron chi connectivity index (χ3n) is 11.1. The van der Waals surface area contributed by atoms with Crippen LogP contribution in [0.5, 0.6) is 0 Å². The predicted molar refractivity (Wildman–Crippen MR) is 261 cm³/mol. The number of ether oxygens (including phenoxy) is 3. The summed E-state index contributed by atoms with van der Waals surface area (Å²) in [6.45, 7) is 7.62. The van der Waals surface area contributed by atoms with E-state index < -0.39 is 6.10 Å². The average molecular weight is 839 g/mol. The Labute approximate surface area is 373 Å². The lowest BCUT2D eigenvalue weighted by molar-refractivity contribution is -0.155. The first kappa shape index (κ1) is 57.6. The van der Waals surface area contributed by atoms with E-state index in [2.05, 4.69) is 81.5 Å². The molecule has 0 aromatic heterocycles. The fraction of sp³-hybridized carbons (Fsp3) is 0.782. The van der Waals surface area contributed by atoms with Gasteiger partial charge in [0.05, 0.1) is 0 Å². The van der Waals surface area contributed by atoms with Crippen molar-refractivity contribution in [1.29, 1.82) is 0 Å². The standard InChI is InChI=1S/C55H98O5/c1-4-7-10-13-16-19-22-24-26-28-29-31-34-37-40-43-46-49-55(57)60-52-53(51-59-54(56)48-45-42-39-36-33-21-18-15-12-9-6-3)58-50-47-44-41-38-35-32-30-27-25-23-20-17-14-11-8-5-2/h15-16,18-19,24,26,29,31,37,40,53H,4-14,17,20-23,25,27-28,30,32-36,38-39,41-52H2,1-3H3/b18-15-,19-16-,26-24-,31-29-,40-37-/t53-/m0/s1. The number of allylic oxidation sites excluding steroid dienone is 10. The minimum Gasteiger partial charge on any atom is -0.463 e. The van der Waals surface area contributed by atoms with Crippen molar-refractivity contribution in [3.63, 3.8) is 0 Å². The van der Waals surface area contributed by atoms with Gasteiger partial charge in [-0.3, -0.25) is 9.59 Å². The van der Waals surface area contributed by atoms with Gasteiger partial charge in [0.1, 0.15) is 19.3 Å². The zero-order chi connectivity index (χ0) is 43.5. The van der Waals surface area contributed by atoms with Crippen LogP contribution in [0.1, 0.15) is 252 Å². The Morgan fingerprint density at radius 2 is 0.667 bits per heavy atom. The molecule has 0 aromatic carbocycles. The van der Waals surface area contributed by atoms with Gasteiger partial charge in [-0.25, -0.2) is 0 Å². The first-order valence-electron chi connectivity index (χ1n) is 25.8. The van der Waals surface area contributed by atoms with E-state index in [1.165, 1.54) is 148 Å². The lowest BCUT2D eigenvalue weighted by Gasteiger charge is -2.18. The van der Waals surface area contributed by atoms with Crippen molar-refractivity contribution in [3.05, 3.63) is 60.8 Å². The second kappa shape index (κ2) is 51.0. The van der Waals surface area contributed by atoms with E-state index in [1.54, 1.807) is 0 Å². The number of hydrogen-bond donors (Lipinski definition) is 0.